The van der Waals surface area contributed by atoms with Crippen molar-refractivity contribution in [2.75, 3.05) is 31.1 Å². The predicted molar refractivity (Wildman–Crippen MR) is 149 cm³/mol. The molecule has 40 heavy (non-hydrogen) atoms. The van der Waals surface area contributed by atoms with Gasteiger partial charge in [0.05, 0.1) is 11.3 Å². The van der Waals surface area contributed by atoms with Crippen molar-refractivity contribution in [3.63, 3.8) is 0 Å². The average Bonchev–Trinajstić information content (AvgIpc) is 2.96. The van der Waals surface area contributed by atoms with Crippen molar-refractivity contribution >= 4 is 23.3 Å². The highest BCUT2D eigenvalue weighted by molar-refractivity contribution is 6.31. The van der Waals surface area contributed by atoms with E-state index in [4.69, 9.17) is 21.1 Å². The Balaban J connectivity index is 1.29. The van der Waals surface area contributed by atoms with Gasteiger partial charge in [-0.25, -0.2) is 4.39 Å². The van der Waals surface area contributed by atoms with Crippen LogP contribution in [0.15, 0.2) is 30.5 Å². The molecule has 0 spiro atoms. The molecule has 0 atom stereocenters. The molecule has 212 valence electrons. The maximum absolute atomic E-state index is 14.1. The summed E-state index contributed by atoms with van der Waals surface area (Å²) >= 11 is 6.39. The maximum atomic E-state index is 14.1. The molecule has 3 aromatic rings. The highest BCUT2D eigenvalue weighted by atomic mass is 35.5. The highest BCUT2D eigenvalue weighted by Gasteiger charge is 2.27. The third kappa shape index (κ3) is 6.10. The van der Waals surface area contributed by atoms with E-state index in [1.54, 1.807) is 11.1 Å². The van der Waals surface area contributed by atoms with E-state index in [0.29, 0.717) is 25.5 Å². The SMILES string of the molecule is CCN(C(=O)c1cc(F)ccc1Oc1nnc(Cl)c(N2CCC(Oc3ccnc4c3CCNC4)CC2)n1)C(C)C. The van der Waals surface area contributed by atoms with Crippen molar-refractivity contribution in [3.8, 4) is 17.5 Å². The smallest absolute Gasteiger partial charge is 0.343 e. The highest BCUT2D eigenvalue weighted by Crippen LogP contribution is 2.31. The zero-order chi connectivity index (χ0) is 28.2. The lowest BCUT2D eigenvalue weighted by molar-refractivity contribution is 0.0713. The molecule has 1 amide bonds. The fourth-order valence-electron chi connectivity index (χ4n) is 5.12. The Hall–Kier alpha value is -3.57. The number of ether oxygens (including phenoxy) is 2. The number of halogens is 2. The molecule has 10 nitrogen and oxygen atoms in total. The summed E-state index contributed by atoms with van der Waals surface area (Å²) in [6.45, 7) is 9.11. The number of benzene rings is 1. The quantitative estimate of drug-likeness (QED) is 0.422. The first-order valence-electron chi connectivity index (χ1n) is 13.6. The maximum Gasteiger partial charge on any atom is 0.343 e. The van der Waals surface area contributed by atoms with Gasteiger partial charge in [0.2, 0.25) is 0 Å². The van der Waals surface area contributed by atoms with Crippen molar-refractivity contribution < 1.29 is 18.7 Å². The van der Waals surface area contributed by atoms with Crippen LogP contribution in [0.2, 0.25) is 5.15 Å². The van der Waals surface area contributed by atoms with Crippen molar-refractivity contribution in [2.24, 2.45) is 0 Å². The van der Waals surface area contributed by atoms with E-state index in [1.165, 1.54) is 17.7 Å². The topological polar surface area (TPSA) is 106 Å². The van der Waals surface area contributed by atoms with Crippen LogP contribution >= 0.6 is 11.6 Å². The Morgan fingerprint density at radius 1 is 1.23 bits per heavy atom. The van der Waals surface area contributed by atoms with Crippen molar-refractivity contribution in [3.05, 3.63) is 58.3 Å². The lowest BCUT2D eigenvalue weighted by Gasteiger charge is -2.33. The van der Waals surface area contributed by atoms with Crippen molar-refractivity contribution in [1.29, 1.82) is 0 Å². The van der Waals surface area contributed by atoms with Crippen LogP contribution in [0, 0.1) is 5.82 Å². The second-order valence-electron chi connectivity index (χ2n) is 10.1. The van der Waals surface area contributed by atoms with Gasteiger partial charge in [-0.2, -0.15) is 4.98 Å². The monoisotopic (exact) mass is 569 g/mol. The number of piperidine rings is 1. The van der Waals surface area contributed by atoms with Crippen LogP contribution in [0.4, 0.5) is 10.2 Å². The number of hydrogen-bond acceptors (Lipinski definition) is 9. The van der Waals surface area contributed by atoms with E-state index < -0.39 is 5.82 Å². The summed E-state index contributed by atoms with van der Waals surface area (Å²) in [6.07, 6.45) is 4.29. The van der Waals surface area contributed by atoms with Crippen LogP contribution in [0.3, 0.4) is 0 Å². The Kier molecular flexibility index (Phi) is 8.60. The number of carbonyl (C=O) groups excluding carboxylic acids is 1. The number of rotatable bonds is 8. The Bertz CT molecular complexity index is 1370. The fourth-order valence-corrected chi connectivity index (χ4v) is 5.32. The minimum Gasteiger partial charge on any atom is -0.490 e. The van der Waals surface area contributed by atoms with E-state index in [2.05, 4.69) is 25.5 Å². The molecule has 0 radical (unpaired) electrons. The number of fused-ring (bicyclic) bond motifs is 1. The molecule has 1 aromatic carbocycles. The molecule has 0 unspecified atom stereocenters. The van der Waals surface area contributed by atoms with E-state index in [9.17, 15) is 9.18 Å². The Labute approximate surface area is 237 Å². The number of carbonyl (C=O) groups is 1. The summed E-state index contributed by atoms with van der Waals surface area (Å²) < 4.78 is 26.4. The molecule has 4 heterocycles. The van der Waals surface area contributed by atoms with Crippen LogP contribution in [0.5, 0.6) is 17.5 Å². The van der Waals surface area contributed by atoms with Gasteiger partial charge in [0.25, 0.3) is 5.91 Å². The third-order valence-corrected chi connectivity index (χ3v) is 7.43. The summed E-state index contributed by atoms with van der Waals surface area (Å²) in [6, 6.07) is 5.58. The Morgan fingerprint density at radius 3 is 2.77 bits per heavy atom. The van der Waals surface area contributed by atoms with Gasteiger partial charge in [-0.3, -0.25) is 9.78 Å². The van der Waals surface area contributed by atoms with Crippen LogP contribution in [-0.4, -0.2) is 69.3 Å². The number of anilines is 1. The first-order valence-corrected chi connectivity index (χ1v) is 14.0. The number of nitrogens with one attached hydrogen (secondary N) is 1. The molecule has 5 rings (SSSR count). The summed E-state index contributed by atoms with van der Waals surface area (Å²) in [4.78, 5) is 25.8. The molecule has 1 N–H and O–H groups in total. The molecular formula is C28H33ClFN7O3. The van der Waals surface area contributed by atoms with Crippen LogP contribution in [-0.2, 0) is 13.0 Å². The third-order valence-electron chi connectivity index (χ3n) is 7.19. The lowest BCUT2D eigenvalue weighted by atomic mass is 10.0. The summed E-state index contributed by atoms with van der Waals surface area (Å²) in [5.41, 5.74) is 2.32. The Morgan fingerprint density at radius 2 is 2.02 bits per heavy atom. The molecule has 12 heteroatoms. The molecule has 2 aromatic heterocycles. The average molecular weight is 570 g/mol. The number of amides is 1. The van der Waals surface area contributed by atoms with Gasteiger partial charge in [0.15, 0.2) is 11.0 Å². The van der Waals surface area contributed by atoms with Crippen LogP contribution < -0.4 is 19.7 Å². The first-order chi connectivity index (χ1) is 19.3. The summed E-state index contributed by atoms with van der Waals surface area (Å²) in [7, 11) is 0. The zero-order valence-electron chi connectivity index (χ0n) is 22.9. The van der Waals surface area contributed by atoms with Gasteiger partial charge in [-0.15, -0.1) is 5.10 Å². The predicted octanol–water partition coefficient (Wildman–Crippen LogP) is 4.42. The number of aromatic nitrogens is 4. The number of nitrogens with zero attached hydrogens (tertiary/aromatic N) is 6. The number of pyridine rings is 1. The second-order valence-corrected chi connectivity index (χ2v) is 10.5. The second kappa shape index (κ2) is 12.3. The largest absolute Gasteiger partial charge is 0.490 e. The van der Waals surface area contributed by atoms with E-state index in [1.807, 2.05) is 31.7 Å². The van der Waals surface area contributed by atoms with Crippen LogP contribution in [0.25, 0.3) is 0 Å². The molecule has 1 fully saturated rings. The minimum atomic E-state index is -0.541. The molecule has 0 bridgehead atoms. The van der Waals surface area contributed by atoms with E-state index in [0.717, 1.165) is 49.9 Å². The molecule has 0 aliphatic carbocycles. The molecule has 1 saturated heterocycles. The normalized spacial score (nSPS) is 15.6. The minimum absolute atomic E-state index is 0.0529. The molecular weight excluding hydrogens is 537 g/mol. The van der Waals surface area contributed by atoms with Gasteiger partial charge in [0, 0.05) is 56.8 Å². The zero-order valence-corrected chi connectivity index (χ0v) is 23.6. The van der Waals surface area contributed by atoms with Gasteiger partial charge >= 0.3 is 6.01 Å². The van der Waals surface area contributed by atoms with Gasteiger partial charge in [0.1, 0.15) is 23.4 Å². The molecule has 0 saturated carbocycles. The van der Waals surface area contributed by atoms with E-state index in [-0.39, 0.29) is 40.5 Å². The van der Waals surface area contributed by atoms with E-state index >= 15 is 0 Å². The standard InChI is InChI=1S/C28H33ClFN7O3/c1-4-37(17(2)3)27(38)21-15-18(30)5-6-23(21)40-28-33-26(25(29)34-35-28)36-13-9-19(10-14-36)39-24-8-12-32-22-16-31-11-7-20(22)24/h5-6,8,12,15,17,19,31H,4,7,9-11,13-14,16H2,1-3H3. The number of hydrogen-bond donors (Lipinski definition) is 1. The lowest BCUT2D eigenvalue weighted by Crippen LogP contribution is -2.39. The van der Waals surface area contributed by atoms with Gasteiger partial charge in [-0.05, 0) is 58.0 Å². The van der Waals surface area contributed by atoms with Crippen LogP contribution in [0.1, 0.15) is 55.2 Å². The summed E-state index contributed by atoms with van der Waals surface area (Å²) in [5, 5.41) is 11.5. The fraction of sp³-hybridized carbons (Fsp3) is 0.464. The van der Waals surface area contributed by atoms with Crippen molar-refractivity contribution in [1.82, 2.24) is 30.4 Å². The van der Waals surface area contributed by atoms with Gasteiger partial charge in [-0.1, -0.05) is 16.7 Å². The first kappa shape index (κ1) is 28.0. The van der Waals surface area contributed by atoms with Crippen molar-refractivity contribution in [2.45, 2.75) is 58.7 Å². The summed E-state index contributed by atoms with van der Waals surface area (Å²) in [5.74, 6) is 0.600. The molecule has 2 aliphatic heterocycles. The molecule has 2 aliphatic rings. The van der Waals surface area contributed by atoms with Gasteiger partial charge < -0.3 is 24.6 Å².